The minimum absolute atomic E-state index is 0.0302. The number of H-pyrrole nitrogens is 1. The van der Waals surface area contributed by atoms with Crippen molar-refractivity contribution in [3.05, 3.63) is 95.6 Å². The first kappa shape index (κ1) is 28.0. The topological polar surface area (TPSA) is 70.2 Å². The van der Waals surface area contributed by atoms with Gasteiger partial charge in [0.05, 0.1) is 5.52 Å². The second-order valence-corrected chi connectivity index (χ2v) is 9.41. The fourth-order valence-electron chi connectivity index (χ4n) is 4.36. The van der Waals surface area contributed by atoms with E-state index in [0.717, 1.165) is 50.8 Å². The summed E-state index contributed by atoms with van der Waals surface area (Å²) in [6.07, 6.45) is 4.20. The van der Waals surface area contributed by atoms with E-state index < -0.39 is 0 Å². The molecule has 0 fully saturated rings. The van der Waals surface area contributed by atoms with Gasteiger partial charge >= 0.3 is 0 Å². The molecule has 6 nitrogen and oxygen atoms in total. The van der Waals surface area contributed by atoms with Gasteiger partial charge in [0.2, 0.25) is 5.91 Å². The lowest BCUT2D eigenvalue weighted by molar-refractivity contribution is -0.123. The lowest BCUT2D eigenvalue weighted by Gasteiger charge is -2.17. The van der Waals surface area contributed by atoms with Crippen LogP contribution < -0.4 is 21.1 Å². The number of hydrogen-bond donors (Lipinski definition) is 2. The van der Waals surface area contributed by atoms with Gasteiger partial charge in [-0.25, -0.2) is 0 Å². The molecule has 0 aliphatic carbocycles. The summed E-state index contributed by atoms with van der Waals surface area (Å²) in [5.41, 5.74) is 7.70. The molecular formula is C31H32B2N4O2. The van der Waals surface area contributed by atoms with Crippen LogP contribution in [0.2, 0.25) is 0 Å². The van der Waals surface area contributed by atoms with E-state index in [1.54, 1.807) is 20.2 Å². The van der Waals surface area contributed by atoms with Crippen molar-refractivity contribution in [3.8, 4) is 5.75 Å². The largest absolute Gasteiger partial charge is 0.492 e. The Labute approximate surface area is 233 Å². The van der Waals surface area contributed by atoms with Crippen molar-refractivity contribution in [2.24, 2.45) is 0 Å². The molecule has 4 aromatic rings. The van der Waals surface area contributed by atoms with Gasteiger partial charge in [-0.3, -0.25) is 9.89 Å². The Morgan fingerprint density at radius 2 is 1.69 bits per heavy atom. The number of hydrogen-bond acceptors (Lipinski definition) is 4. The van der Waals surface area contributed by atoms with Gasteiger partial charge in [0.1, 0.15) is 28.0 Å². The first-order valence-corrected chi connectivity index (χ1v) is 13.0. The first-order chi connectivity index (χ1) is 18.9. The molecule has 1 aromatic heterocycles. The molecule has 0 aliphatic heterocycles. The number of ether oxygens (including phenoxy) is 1. The van der Waals surface area contributed by atoms with Crippen molar-refractivity contribution in [2.75, 3.05) is 33.8 Å². The summed E-state index contributed by atoms with van der Waals surface area (Å²) in [5.74, 6) is 0.760. The van der Waals surface area contributed by atoms with Crippen molar-refractivity contribution in [3.63, 3.8) is 0 Å². The fraction of sp³-hybridized carbons (Fsp3) is 0.226. The third kappa shape index (κ3) is 7.09. The van der Waals surface area contributed by atoms with Crippen LogP contribution in [0.1, 0.15) is 30.0 Å². The number of nitrogens with one attached hydrogen (secondary N) is 2. The molecule has 1 amide bonds. The van der Waals surface area contributed by atoms with Gasteiger partial charge in [-0.1, -0.05) is 60.9 Å². The highest BCUT2D eigenvalue weighted by Gasteiger charge is 2.15. The minimum atomic E-state index is -0.0302. The average Bonchev–Trinajstić information content (AvgIpc) is 3.31. The van der Waals surface area contributed by atoms with Crippen LogP contribution in [0.3, 0.4) is 0 Å². The molecule has 0 saturated heterocycles. The molecule has 0 bridgehead atoms. The van der Waals surface area contributed by atoms with Gasteiger partial charge < -0.3 is 15.0 Å². The summed E-state index contributed by atoms with van der Waals surface area (Å²) >= 11 is 0. The van der Waals surface area contributed by atoms with E-state index in [1.807, 2.05) is 36.4 Å². The molecule has 0 atom stereocenters. The van der Waals surface area contributed by atoms with E-state index in [4.69, 9.17) is 20.4 Å². The lowest BCUT2D eigenvalue weighted by Crippen LogP contribution is -2.22. The summed E-state index contributed by atoms with van der Waals surface area (Å²) in [5, 5.41) is 11.3. The standard InChI is InChI=1S/C31H32B2N4O2/c1-4-26(21-7-12-24(32)13-8-21)30(23-11-16-28-27(20-23)31(33)36-35-28)22-9-14-25(15-10-22)39-19-18-34-17-5-6-29(38)37(2)3/h5-16,20,34H,4,17-19H2,1-3H3,(H,35,36)/b6-5+,30-26+. The number of allylic oxidation sites excluding steroid dienone is 1. The molecule has 2 N–H and O–H groups in total. The Balaban J connectivity index is 1.55. The molecule has 8 heteroatoms. The van der Waals surface area contributed by atoms with Crippen LogP contribution in [0.5, 0.6) is 5.75 Å². The number of fused-ring (bicyclic) bond motifs is 1. The van der Waals surface area contributed by atoms with Gasteiger partial charge in [-0.15, -0.1) is 0 Å². The van der Waals surface area contributed by atoms with E-state index in [2.05, 4.69) is 58.8 Å². The lowest BCUT2D eigenvalue weighted by atomic mass is 9.86. The Morgan fingerprint density at radius 1 is 1.00 bits per heavy atom. The number of rotatable bonds is 11. The zero-order valence-electron chi connectivity index (χ0n) is 22.7. The highest BCUT2D eigenvalue weighted by molar-refractivity contribution is 6.37. The molecule has 39 heavy (non-hydrogen) atoms. The number of carbonyl (C=O) groups excluding carboxylic acids is 1. The van der Waals surface area contributed by atoms with Crippen LogP contribution in [0.4, 0.5) is 0 Å². The van der Waals surface area contributed by atoms with Crippen molar-refractivity contribution in [1.82, 2.24) is 20.4 Å². The van der Waals surface area contributed by atoms with Crippen LogP contribution in [0, 0.1) is 0 Å². The maximum atomic E-state index is 11.6. The van der Waals surface area contributed by atoms with Crippen LogP contribution in [-0.2, 0) is 4.79 Å². The molecule has 0 saturated carbocycles. The van der Waals surface area contributed by atoms with Gasteiger partial charge in [0.15, 0.2) is 0 Å². The Kier molecular flexibility index (Phi) is 9.45. The van der Waals surface area contributed by atoms with Crippen LogP contribution >= 0.6 is 0 Å². The van der Waals surface area contributed by atoms with Gasteiger partial charge in [0, 0.05) is 38.6 Å². The monoisotopic (exact) mass is 514 g/mol. The second kappa shape index (κ2) is 13.2. The van der Waals surface area contributed by atoms with Crippen LogP contribution in [0.15, 0.2) is 78.9 Å². The molecule has 194 valence electrons. The van der Waals surface area contributed by atoms with E-state index in [0.29, 0.717) is 25.3 Å². The van der Waals surface area contributed by atoms with Crippen molar-refractivity contribution < 1.29 is 9.53 Å². The minimum Gasteiger partial charge on any atom is -0.492 e. The molecule has 0 aliphatic rings. The summed E-state index contributed by atoms with van der Waals surface area (Å²) in [4.78, 5) is 13.1. The van der Waals surface area contributed by atoms with Crippen molar-refractivity contribution in [1.29, 1.82) is 0 Å². The molecule has 0 unspecified atom stereocenters. The molecule has 1 heterocycles. The molecule has 4 rings (SSSR count). The van der Waals surface area contributed by atoms with E-state index in [-0.39, 0.29) is 5.91 Å². The number of likely N-dealkylation sites (N-methyl/N-ethyl adjacent to an activating group) is 1. The normalized spacial score (nSPS) is 12.1. The van der Waals surface area contributed by atoms with Gasteiger partial charge in [-0.05, 0) is 64.1 Å². The maximum Gasteiger partial charge on any atom is 0.245 e. The van der Waals surface area contributed by atoms with Gasteiger partial charge in [-0.2, -0.15) is 5.10 Å². The maximum absolute atomic E-state index is 11.6. The number of nitrogens with zero attached hydrogens (tertiary/aromatic N) is 2. The predicted octanol–water partition coefficient (Wildman–Crippen LogP) is 3.13. The van der Waals surface area contributed by atoms with Crippen molar-refractivity contribution in [2.45, 2.75) is 13.3 Å². The number of amides is 1. The van der Waals surface area contributed by atoms with Crippen LogP contribution in [0.25, 0.3) is 22.0 Å². The van der Waals surface area contributed by atoms with E-state index in [1.165, 1.54) is 10.5 Å². The zero-order valence-corrected chi connectivity index (χ0v) is 22.7. The number of carbonyl (C=O) groups is 1. The fourth-order valence-corrected chi connectivity index (χ4v) is 4.36. The summed E-state index contributed by atoms with van der Waals surface area (Å²) in [6.45, 7) is 3.94. The Bertz CT molecular complexity index is 1470. The zero-order chi connectivity index (χ0) is 27.8. The average molecular weight is 514 g/mol. The number of benzene rings is 3. The first-order valence-electron chi connectivity index (χ1n) is 13.0. The van der Waals surface area contributed by atoms with E-state index in [9.17, 15) is 4.79 Å². The van der Waals surface area contributed by atoms with Gasteiger partial charge in [0.25, 0.3) is 0 Å². The third-order valence-electron chi connectivity index (χ3n) is 6.44. The summed E-state index contributed by atoms with van der Waals surface area (Å²) in [7, 11) is 15.6. The van der Waals surface area contributed by atoms with Crippen LogP contribution in [-0.4, -0.2) is 70.5 Å². The Hall–Kier alpha value is -4.03. The highest BCUT2D eigenvalue weighted by atomic mass is 16.5. The Morgan fingerprint density at radius 3 is 2.38 bits per heavy atom. The molecular weight excluding hydrogens is 482 g/mol. The quantitative estimate of drug-likeness (QED) is 0.140. The number of aromatic nitrogens is 2. The number of aromatic amines is 1. The third-order valence-corrected chi connectivity index (χ3v) is 6.44. The molecule has 3 aromatic carbocycles. The second-order valence-electron chi connectivity index (χ2n) is 9.41. The van der Waals surface area contributed by atoms with E-state index >= 15 is 0 Å². The SMILES string of the molecule is [B]c1ccc(/C(CC)=C(\c2ccc(OCCNC/C=C/C(=O)N(C)C)cc2)c2ccc3n[nH]c([B])c3c2)cc1. The molecule has 0 spiro atoms. The smallest absolute Gasteiger partial charge is 0.245 e. The van der Waals surface area contributed by atoms with Crippen molar-refractivity contribution >= 4 is 54.7 Å². The summed E-state index contributed by atoms with van der Waals surface area (Å²) in [6, 6.07) is 22.3. The predicted molar refractivity (Wildman–Crippen MR) is 162 cm³/mol. The highest BCUT2D eigenvalue weighted by Crippen LogP contribution is 2.35. The summed E-state index contributed by atoms with van der Waals surface area (Å²) < 4.78 is 5.94. The molecule has 4 radical (unpaired) electrons.